The SMILES string of the molecule is Cc1cccc(C(=O)N2CCCC(C(C)N)C2)c1NC(=O)c1ccccc1F.Cl. The number of piperidine rings is 1. The predicted molar refractivity (Wildman–Crippen MR) is 115 cm³/mol. The van der Waals surface area contributed by atoms with Gasteiger partial charge in [0.05, 0.1) is 16.8 Å². The number of para-hydroxylation sites is 1. The number of hydrogen-bond acceptors (Lipinski definition) is 3. The maximum absolute atomic E-state index is 14.0. The number of nitrogens with two attached hydrogens (primary N) is 1. The molecule has 0 aromatic heterocycles. The van der Waals surface area contributed by atoms with E-state index in [1.54, 1.807) is 23.1 Å². The van der Waals surface area contributed by atoms with E-state index >= 15 is 0 Å². The Bertz CT molecular complexity index is 888. The summed E-state index contributed by atoms with van der Waals surface area (Å²) in [6.07, 6.45) is 1.91. The lowest BCUT2D eigenvalue weighted by Gasteiger charge is -2.35. The average Bonchev–Trinajstić information content (AvgIpc) is 2.69. The second-order valence-corrected chi connectivity index (χ2v) is 7.44. The quantitative estimate of drug-likeness (QED) is 0.786. The highest BCUT2D eigenvalue weighted by molar-refractivity contribution is 6.09. The summed E-state index contributed by atoms with van der Waals surface area (Å²) in [5.41, 5.74) is 7.56. The zero-order valence-electron chi connectivity index (χ0n) is 16.7. The number of aryl methyl sites for hydroxylation is 1. The molecule has 0 bridgehead atoms. The van der Waals surface area contributed by atoms with E-state index in [2.05, 4.69) is 5.32 Å². The smallest absolute Gasteiger partial charge is 0.258 e. The molecule has 1 aliphatic heterocycles. The number of halogens is 2. The van der Waals surface area contributed by atoms with Crippen molar-refractivity contribution >= 4 is 29.9 Å². The molecule has 156 valence electrons. The molecule has 5 nitrogen and oxygen atoms in total. The Hall–Kier alpha value is -2.44. The second kappa shape index (κ2) is 9.85. The lowest BCUT2D eigenvalue weighted by atomic mass is 9.91. The monoisotopic (exact) mass is 419 g/mol. The molecule has 0 radical (unpaired) electrons. The van der Waals surface area contributed by atoms with E-state index in [-0.39, 0.29) is 35.8 Å². The fourth-order valence-electron chi connectivity index (χ4n) is 3.63. The Kier molecular flexibility index (Phi) is 7.76. The summed E-state index contributed by atoms with van der Waals surface area (Å²) >= 11 is 0. The molecule has 2 aromatic rings. The van der Waals surface area contributed by atoms with E-state index in [0.29, 0.717) is 24.3 Å². The molecular formula is C22H27ClFN3O2. The summed E-state index contributed by atoms with van der Waals surface area (Å²) in [5, 5.41) is 2.74. The van der Waals surface area contributed by atoms with Crippen molar-refractivity contribution in [1.82, 2.24) is 4.90 Å². The van der Waals surface area contributed by atoms with Crippen LogP contribution in [0.1, 0.15) is 46.0 Å². The molecule has 1 aliphatic rings. The van der Waals surface area contributed by atoms with E-state index < -0.39 is 11.7 Å². The van der Waals surface area contributed by atoms with Gasteiger partial charge in [0.15, 0.2) is 0 Å². The lowest BCUT2D eigenvalue weighted by molar-refractivity contribution is 0.0662. The molecule has 0 saturated carbocycles. The second-order valence-electron chi connectivity index (χ2n) is 7.44. The van der Waals surface area contributed by atoms with Crippen LogP contribution in [-0.4, -0.2) is 35.8 Å². The number of nitrogens with one attached hydrogen (secondary N) is 1. The van der Waals surface area contributed by atoms with E-state index in [1.165, 1.54) is 18.2 Å². The maximum Gasteiger partial charge on any atom is 0.258 e. The Labute approximate surface area is 176 Å². The number of rotatable bonds is 4. The van der Waals surface area contributed by atoms with Gasteiger partial charge < -0.3 is 16.0 Å². The summed E-state index contributed by atoms with van der Waals surface area (Å²) in [4.78, 5) is 27.6. The number of hydrogen-bond donors (Lipinski definition) is 2. The van der Waals surface area contributed by atoms with Crippen molar-refractivity contribution in [3.8, 4) is 0 Å². The van der Waals surface area contributed by atoms with Crippen LogP contribution in [0, 0.1) is 18.7 Å². The van der Waals surface area contributed by atoms with Crippen molar-refractivity contribution in [2.24, 2.45) is 11.7 Å². The van der Waals surface area contributed by atoms with Crippen LogP contribution in [0.2, 0.25) is 0 Å². The fourth-order valence-corrected chi connectivity index (χ4v) is 3.63. The predicted octanol–water partition coefficient (Wildman–Crippen LogP) is 4.01. The van der Waals surface area contributed by atoms with Gasteiger partial charge in [0.25, 0.3) is 11.8 Å². The highest BCUT2D eigenvalue weighted by Gasteiger charge is 2.28. The molecule has 2 atom stereocenters. The van der Waals surface area contributed by atoms with E-state index in [1.807, 2.05) is 19.9 Å². The molecule has 2 unspecified atom stereocenters. The van der Waals surface area contributed by atoms with Crippen LogP contribution >= 0.6 is 12.4 Å². The largest absolute Gasteiger partial charge is 0.338 e. The zero-order valence-corrected chi connectivity index (χ0v) is 17.5. The highest BCUT2D eigenvalue weighted by Crippen LogP contribution is 2.26. The van der Waals surface area contributed by atoms with Gasteiger partial charge >= 0.3 is 0 Å². The Balaban J connectivity index is 0.00000300. The van der Waals surface area contributed by atoms with Crippen LogP contribution in [0.5, 0.6) is 0 Å². The normalized spacial score (nSPS) is 17.2. The average molecular weight is 420 g/mol. The summed E-state index contributed by atoms with van der Waals surface area (Å²) in [6.45, 7) is 5.04. The zero-order chi connectivity index (χ0) is 20.3. The van der Waals surface area contributed by atoms with Crippen molar-refractivity contribution in [3.05, 3.63) is 65.0 Å². The number of carbonyl (C=O) groups is 2. The third-order valence-electron chi connectivity index (χ3n) is 5.35. The van der Waals surface area contributed by atoms with Gasteiger partial charge in [-0.3, -0.25) is 9.59 Å². The summed E-state index contributed by atoms with van der Waals surface area (Å²) < 4.78 is 14.0. The first-order chi connectivity index (χ1) is 13.4. The highest BCUT2D eigenvalue weighted by atomic mass is 35.5. The van der Waals surface area contributed by atoms with Crippen LogP contribution in [0.4, 0.5) is 10.1 Å². The lowest BCUT2D eigenvalue weighted by Crippen LogP contribution is -2.45. The van der Waals surface area contributed by atoms with Crippen LogP contribution < -0.4 is 11.1 Å². The molecule has 2 amide bonds. The van der Waals surface area contributed by atoms with Crippen LogP contribution in [0.3, 0.4) is 0 Å². The molecule has 3 N–H and O–H groups in total. The number of amides is 2. The Morgan fingerprint density at radius 1 is 1.17 bits per heavy atom. The third kappa shape index (κ3) is 5.14. The van der Waals surface area contributed by atoms with Gasteiger partial charge in [-0.25, -0.2) is 4.39 Å². The van der Waals surface area contributed by atoms with Crippen molar-refractivity contribution in [1.29, 1.82) is 0 Å². The Morgan fingerprint density at radius 2 is 1.86 bits per heavy atom. The minimum Gasteiger partial charge on any atom is -0.338 e. The molecule has 1 saturated heterocycles. The van der Waals surface area contributed by atoms with Crippen LogP contribution in [-0.2, 0) is 0 Å². The van der Waals surface area contributed by atoms with E-state index in [0.717, 1.165) is 18.4 Å². The van der Waals surface area contributed by atoms with Crippen molar-refractivity contribution in [3.63, 3.8) is 0 Å². The standard InChI is InChI=1S/C22H26FN3O2.ClH/c1-14-7-5-10-18(22(28)26-12-6-8-16(13-26)15(2)24)20(14)25-21(27)17-9-3-4-11-19(17)23;/h3-5,7,9-11,15-16H,6,8,12-13,24H2,1-2H3,(H,25,27);1H. The first-order valence-electron chi connectivity index (χ1n) is 9.59. The van der Waals surface area contributed by atoms with E-state index in [4.69, 9.17) is 5.73 Å². The topological polar surface area (TPSA) is 75.4 Å². The van der Waals surface area contributed by atoms with Gasteiger partial charge in [-0.05, 0) is 56.4 Å². The van der Waals surface area contributed by atoms with Gasteiger partial charge in [0, 0.05) is 19.1 Å². The van der Waals surface area contributed by atoms with E-state index in [9.17, 15) is 14.0 Å². The molecule has 0 spiro atoms. The molecule has 1 fully saturated rings. The fraction of sp³-hybridized carbons (Fsp3) is 0.364. The first kappa shape index (κ1) is 22.8. The number of carbonyl (C=O) groups excluding carboxylic acids is 2. The van der Waals surface area contributed by atoms with Crippen LogP contribution in [0.15, 0.2) is 42.5 Å². The maximum atomic E-state index is 14.0. The minimum absolute atomic E-state index is 0. The Morgan fingerprint density at radius 3 is 2.55 bits per heavy atom. The number of benzene rings is 2. The molecule has 1 heterocycles. The molecule has 0 aliphatic carbocycles. The molecule has 7 heteroatoms. The molecule has 29 heavy (non-hydrogen) atoms. The van der Waals surface area contributed by atoms with Gasteiger partial charge in [0.2, 0.25) is 0 Å². The molecule has 2 aromatic carbocycles. The number of anilines is 1. The van der Waals surface area contributed by atoms with Crippen molar-refractivity contribution < 1.29 is 14.0 Å². The third-order valence-corrected chi connectivity index (χ3v) is 5.35. The number of nitrogens with zero attached hydrogens (tertiary/aromatic N) is 1. The molecule has 3 rings (SSSR count). The van der Waals surface area contributed by atoms with Gasteiger partial charge in [-0.15, -0.1) is 12.4 Å². The summed E-state index contributed by atoms with van der Waals surface area (Å²) in [6, 6.07) is 11.1. The summed E-state index contributed by atoms with van der Waals surface area (Å²) in [5.74, 6) is -1.05. The first-order valence-corrected chi connectivity index (χ1v) is 9.59. The van der Waals surface area contributed by atoms with Crippen LogP contribution in [0.25, 0.3) is 0 Å². The van der Waals surface area contributed by atoms with Gasteiger partial charge in [-0.1, -0.05) is 24.3 Å². The summed E-state index contributed by atoms with van der Waals surface area (Å²) in [7, 11) is 0. The molecular weight excluding hydrogens is 393 g/mol. The van der Waals surface area contributed by atoms with Crippen molar-refractivity contribution in [2.75, 3.05) is 18.4 Å². The minimum atomic E-state index is -0.600. The van der Waals surface area contributed by atoms with Crippen molar-refractivity contribution in [2.45, 2.75) is 32.7 Å². The van der Waals surface area contributed by atoms with Gasteiger partial charge in [0.1, 0.15) is 5.82 Å². The van der Waals surface area contributed by atoms with Gasteiger partial charge in [-0.2, -0.15) is 0 Å². The number of likely N-dealkylation sites (tertiary alicyclic amines) is 1.